The number of hydrogen-bond donors (Lipinski definition) is 0. The third-order valence-corrected chi connectivity index (χ3v) is 2.43. The molecule has 1 aliphatic rings. The molecule has 2 nitrogen and oxygen atoms in total. The van der Waals surface area contributed by atoms with Crippen molar-refractivity contribution >= 4 is 11.3 Å². The van der Waals surface area contributed by atoms with Crippen LogP contribution in [0.3, 0.4) is 0 Å². The molecule has 0 amide bonds. The zero-order chi connectivity index (χ0) is 9.59. The lowest BCUT2D eigenvalue weighted by molar-refractivity contribution is 0.540. The van der Waals surface area contributed by atoms with Crippen LogP contribution in [0.1, 0.15) is 23.8 Å². The van der Waals surface area contributed by atoms with Gasteiger partial charge in [0.1, 0.15) is 5.76 Å². The molecule has 2 rings (SSSR count). The van der Waals surface area contributed by atoms with Crippen molar-refractivity contribution in [1.29, 1.82) is 0 Å². The second kappa shape index (κ2) is 2.52. The van der Waals surface area contributed by atoms with E-state index in [1.54, 1.807) is 6.26 Å². The second-order valence-electron chi connectivity index (χ2n) is 3.49. The summed E-state index contributed by atoms with van der Waals surface area (Å²) in [5.41, 5.74) is 4.45. The van der Waals surface area contributed by atoms with E-state index in [0.717, 1.165) is 28.2 Å². The maximum Gasteiger partial charge on any atom is 0.140 e. The molecule has 1 aromatic heterocycles. The van der Waals surface area contributed by atoms with Crippen LogP contribution in [0.2, 0.25) is 0 Å². The largest absolute Gasteiger partial charge is 0.464 e. The molecule has 2 heterocycles. The lowest BCUT2D eigenvalue weighted by atomic mass is 10.0. The third-order valence-electron chi connectivity index (χ3n) is 2.43. The van der Waals surface area contributed by atoms with Crippen LogP contribution in [0.5, 0.6) is 0 Å². The van der Waals surface area contributed by atoms with Crippen molar-refractivity contribution in [1.82, 2.24) is 4.90 Å². The van der Waals surface area contributed by atoms with E-state index in [9.17, 15) is 0 Å². The van der Waals surface area contributed by atoms with E-state index in [-0.39, 0.29) is 0 Å². The summed E-state index contributed by atoms with van der Waals surface area (Å²) >= 11 is 0. The van der Waals surface area contributed by atoms with Gasteiger partial charge in [0.2, 0.25) is 0 Å². The summed E-state index contributed by atoms with van der Waals surface area (Å²) in [6.45, 7) is 8.11. The van der Waals surface area contributed by atoms with E-state index in [4.69, 9.17) is 4.42 Å². The standard InChI is InChI=1S/C11H13NO/c1-7-5-12(4)9(3)10-8(2)6-13-11(7)10/h5-6H,3H2,1-2,4H3. The molecule has 2 heteroatoms. The molecular weight excluding hydrogens is 162 g/mol. The first kappa shape index (κ1) is 8.17. The zero-order valence-corrected chi connectivity index (χ0v) is 8.22. The summed E-state index contributed by atoms with van der Waals surface area (Å²) in [6, 6.07) is 0. The molecule has 0 aliphatic carbocycles. The quantitative estimate of drug-likeness (QED) is 0.602. The van der Waals surface area contributed by atoms with Crippen LogP contribution >= 0.6 is 0 Å². The average molecular weight is 175 g/mol. The molecule has 68 valence electrons. The molecule has 13 heavy (non-hydrogen) atoms. The Morgan fingerprint density at radius 1 is 1.38 bits per heavy atom. The first-order valence-corrected chi connectivity index (χ1v) is 4.30. The summed E-state index contributed by atoms with van der Waals surface area (Å²) in [5, 5.41) is 0. The van der Waals surface area contributed by atoms with Gasteiger partial charge >= 0.3 is 0 Å². The van der Waals surface area contributed by atoms with Crippen LogP contribution in [0.4, 0.5) is 0 Å². The van der Waals surface area contributed by atoms with Crippen molar-refractivity contribution in [3.8, 4) is 0 Å². The summed E-state index contributed by atoms with van der Waals surface area (Å²) in [6.07, 6.45) is 3.82. The Bertz CT molecular complexity index is 398. The Hall–Kier alpha value is -1.44. The van der Waals surface area contributed by atoms with Crippen LogP contribution < -0.4 is 0 Å². The van der Waals surface area contributed by atoms with Crippen LogP contribution in [0, 0.1) is 6.92 Å². The van der Waals surface area contributed by atoms with Crippen molar-refractivity contribution in [3.63, 3.8) is 0 Å². The third kappa shape index (κ3) is 1.02. The summed E-state index contributed by atoms with van der Waals surface area (Å²) in [5.74, 6) is 0.959. The van der Waals surface area contributed by atoms with Crippen molar-refractivity contribution < 1.29 is 4.42 Å². The van der Waals surface area contributed by atoms with E-state index in [1.807, 2.05) is 32.0 Å². The van der Waals surface area contributed by atoms with Gasteiger partial charge in [-0.1, -0.05) is 6.58 Å². The Kier molecular flexibility index (Phi) is 1.59. The van der Waals surface area contributed by atoms with Crippen molar-refractivity contribution in [2.75, 3.05) is 7.05 Å². The zero-order valence-electron chi connectivity index (χ0n) is 8.22. The lowest BCUT2D eigenvalue weighted by Gasteiger charge is -2.23. The minimum Gasteiger partial charge on any atom is -0.464 e. The highest BCUT2D eigenvalue weighted by Gasteiger charge is 2.21. The molecule has 1 aliphatic heterocycles. The monoisotopic (exact) mass is 175 g/mol. The van der Waals surface area contributed by atoms with Gasteiger partial charge in [0.15, 0.2) is 0 Å². The maximum absolute atomic E-state index is 5.46. The van der Waals surface area contributed by atoms with Gasteiger partial charge in [-0.05, 0) is 19.4 Å². The Morgan fingerprint density at radius 3 is 2.77 bits per heavy atom. The maximum atomic E-state index is 5.46. The fourth-order valence-corrected chi connectivity index (χ4v) is 1.70. The van der Waals surface area contributed by atoms with Crippen LogP contribution in [0.15, 0.2) is 23.5 Å². The topological polar surface area (TPSA) is 16.4 Å². The molecule has 0 atom stereocenters. The molecule has 0 saturated heterocycles. The number of fused-ring (bicyclic) bond motifs is 1. The molecule has 0 unspecified atom stereocenters. The number of rotatable bonds is 0. The van der Waals surface area contributed by atoms with E-state index in [0.29, 0.717) is 0 Å². The minimum atomic E-state index is 0.959. The highest BCUT2D eigenvalue weighted by molar-refractivity contribution is 5.80. The van der Waals surface area contributed by atoms with Gasteiger partial charge in [-0.3, -0.25) is 0 Å². The number of hydrogen-bond acceptors (Lipinski definition) is 2. The van der Waals surface area contributed by atoms with Crippen LogP contribution in [-0.4, -0.2) is 11.9 Å². The van der Waals surface area contributed by atoms with Gasteiger partial charge in [-0.15, -0.1) is 0 Å². The summed E-state index contributed by atoms with van der Waals surface area (Å²) < 4.78 is 5.46. The number of aryl methyl sites for hydroxylation is 1. The van der Waals surface area contributed by atoms with E-state index < -0.39 is 0 Å². The number of nitrogens with zero attached hydrogens (tertiary/aromatic N) is 1. The van der Waals surface area contributed by atoms with Crippen LogP contribution in [-0.2, 0) is 0 Å². The lowest BCUT2D eigenvalue weighted by Crippen LogP contribution is -2.13. The second-order valence-corrected chi connectivity index (χ2v) is 3.49. The van der Waals surface area contributed by atoms with Gasteiger partial charge in [-0.2, -0.15) is 0 Å². The molecular formula is C11H13NO. The molecule has 0 aromatic carbocycles. The molecule has 0 N–H and O–H groups in total. The molecule has 1 aromatic rings. The van der Waals surface area contributed by atoms with Gasteiger partial charge in [0, 0.05) is 30.1 Å². The van der Waals surface area contributed by atoms with Crippen LogP contribution in [0.25, 0.3) is 11.3 Å². The van der Waals surface area contributed by atoms with Gasteiger partial charge < -0.3 is 9.32 Å². The first-order chi connectivity index (χ1) is 6.11. The van der Waals surface area contributed by atoms with Gasteiger partial charge in [0.25, 0.3) is 0 Å². The Morgan fingerprint density at radius 2 is 2.08 bits per heavy atom. The highest BCUT2D eigenvalue weighted by Crippen LogP contribution is 2.35. The first-order valence-electron chi connectivity index (χ1n) is 4.30. The molecule has 0 spiro atoms. The Labute approximate surface area is 78.2 Å². The fourth-order valence-electron chi connectivity index (χ4n) is 1.70. The van der Waals surface area contributed by atoms with Crippen molar-refractivity contribution in [3.05, 3.63) is 35.9 Å². The van der Waals surface area contributed by atoms with E-state index in [2.05, 4.69) is 6.58 Å². The molecule has 0 radical (unpaired) electrons. The highest BCUT2D eigenvalue weighted by atomic mass is 16.3. The normalized spacial score (nSPS) is 15.8. The van der Waals surface area contributed by atoms with Crippen molar-refractivity contribution in [2.24, 2.45) is 0 Å². The molecule has 0 saturated carbocycles. The van der Waals surface area contributed by atoms with Gasteiger partial charge in [-0.25, -0.2) is 0 Å². The van der Waals surface area contributed by atoms with Gasteiger partial charge in [0.05, 0.1) is 6.26 Å². The van der Waals surface area contributed by atoms with Crippen molar-refractivity contribution in [2.45, 2.75) is 13.8 Å². The Balaban J connectivity index is 2.67. The smallest absolute Gasteiger partial charge is 0.140 e. The fraction of sp³-hybridized carbons (Fsp3) is 0.273. The SMILES string of the molecule is C=C1c2c(C)coc2C(C)=CN1C. The summed E-state index contributed by atoms with van der Waals surface area (Å²) in [7, 11) is 2.00. The molecule has 0 bridgehead atoms. The number of furan rings is 1. The van der Waals surface area contributed by atoms with E-state index >= 15 is 0 Å². The number of allylic oxidation sites excluding steroid dienone is 1. The predicted molar refractivity (Wildman–Crippen MR) is 53.9 cm³/mol. The van der Waals surface area contributed by atoms with E-state index in [1.165, 1.54) is 0 Å². The minimum absolute atomic E-state index is 0.959. The average Bonchev–Trinajstić information content (AvgIpc) is 2.44. The predicted octanol–water partition coefficient (Wildman–Crippen LogP) is 2.86. The summed E-state index contributed by atoms with van der Waals surface area (Å²) in [4.78, 5) is 2.03. The molecule has 0 fully saturated rings.